The van der Waals surface area contributed by atoms with E-state index in [1.54, 1.807) is 11.5 Å². The van der Waals surface area contributed by atoms with E-state index < -0.39 is 0 Å². The number of aryl methyl sites for hydroxylation is 1. The van der Waals surface area contributed by atoms with E-state index in [4.69, 9.17) is 15.7 Å². The molecule has 0 spiro atoms. The second-order valence-electron chi connectivity index (χ2n) is 2.84. The van der Waals surface area contributed by atoms with Gasteiger partial charge in [0, 0.05) is 6.54 Å². The van der Waals surface area contributed by atoms with Crippen LogP contribution in [0.5, 0.6) is 0 Å². The highest BCUT2D eigenvalue weighted by Gasteiger charge is 2.08. The summed E-state index contributed by atoms with van der Waals surface area (Å²) in [5.41, 5.74) is 5.78. The Labute approximate surface area is 87.3 Å². The summed E-state index contributed by atoms with van der Waals surface area (Å²) in [7, 11) is 0. The van der Waals surface area contributed by atoms with Crippen LogP contribution in [0.4, 0.5) is 5.82 Å². The molecular formula is C9H12N4O2. The Morgan fingerprint density at radius 2 is 2.53 bits per heavy atom. The largest absolute Gasteiger partial charge is 0.466 e. The van der Waals surface area contributed by atoms with Gasteiger partial charge in [-0.25, -0.2) is 4.98 Å². The molecule has 80 valence electrons. The molecule has 2 N–H and O–H groups in total. The Balaban J connectivity index is 2.55. The number of nitrogens with two attached hydrogens (primary N) is 1. The number of anilines is 1. The lowest BCUT2D eigenvalue weighted by Gasteiger charge is -2.04. The molecule has 0 radical (unpaired) electrons. The van der Waals surface area contributed by atoms with Gasteiger partial charge in [-0.15, -0.1) is 0 Å². The SMILES string of the molecule is CCOC(=O)CCn1cnc(C#N)c1N. The first-order chi connectivity index (χ1) is 7.19. The standard InChI is InChI=1S/C9H12N4O2/c1-2-15-8(14)3-4-13-6-12-7(5-10)9(13)11/h6H,2-4,11H2,1H3. The molecule has 0 atom stereocenters. The maximum atomic E-state index is 11.0. The molecule has 0 fully saturated rings. The average Bonchev–Trinajstić information content (AvgIpc) is 2.57. The van der Waals surface area contributed by atoms with Crippen LogP contribution in [0.15, 0.2) is 6.33 Å². The molecule has 0 aromatic carbocycles. The maximum absolute atomic E-state index is 11.0. The Morgan fingerprint density at radius 1 is 1.80 bits per heavy atom. The smallest absolute Gasteiger partial charge is 0.307 e. The van der Waals surface area contributed by atoms with Crippen LogP contribution in [0.25, 0.3) is 0 Å². The summed E-state index contributed by atoms with van der Waals surface area (Å²) in [6.07, 6.45) is 1.66. The lowest BCUT2D eigenvalue weighted by molar-refractivity contribution is -0.143. The number of hydrogen-bond donors (Lipinski definition) is 1. The fourth-order valence-electron chi connectivity index (χ4n) is 1.10. The number of rotatable bonds is 4. The molecule has 6 nitrogen and oxygen atoms in total. The number of carbonyl (C=O) groups is 1. The van der Waals surface area contributed by atoms with Crippen LogP contribution in [0.1, 0.15) is 19.0 Å². The van der Waals surface area contributed by atoms with E-state index in [0.29, 0.717) is 13.2 Å². The molecule has 0 unspecified atom stereocenters. The lowest BCUT2D eigenvalue weighted by Crippen LogP contribution is -2.10. The topological polar surface area (TPSA) is 93.9 Å². The van der Waals surface area contributed by atoms with E-state index in [9.17, 15) is 4.79 Å². The van der Waals surface area contributed by atoms with E-state index >= 15 is 0 Å². The van der Waals surface area contributed by atoms with E-state index in [2.05, 4.69) is 4.98 Å². The summed E-state index contributed by atoms with van der Waals surface area (Å²) >= 11 is 0. The van der Waals surface area contributed by atoms with Gasteiger partial charge in [-0.1, -0.05) is 0 Å². The summed E-state index contributed by atoms with van der Waals surface area (Å²) in [6, 6.07) is 1.86. The van der Waals surface area contributed by atoms with E-state index in [1.165, 1.54) is 6.33 Å². The number of nitriles is 1. The molecule has 0 aliphatic heterocycles. The minimum Gasteiger partial charge on any atom is -0.466 e. The maximum Gasteiger partial charge on any atom is 0.307 e. The number of aromatic nitrogens is 2. The lowest BCUT2D eigenvalue weighted by atomic mass is 10.4. The Kier molecular flexibility index (Phi) is 3.68. The van der Waals surface area contributed by atoms with E-state index in [1.807, 2.05) is 6.07 Å². The first-order valence-corrected chi connectivity index (χ1v) is 4.55. The molecule has 1 heterocycles. The number of nitrogens with zero attached hydrogens (tertiary/aromatic N) is 3. The van der Waals surface area contributed by atoms with Crippen molar-refractivity contribution < 1.29 is 9.53 Å². The van der Waals surface area contributed by atoms with Crippen LogP contribution in [0.2, 0.25) is 0 Å². The van der Waals surface area contributed by atoms with Crippen LogP contribution in [0.3, 0.4) is 0 Å². The number of hydrogen-bond acceptors (Lipinski definition) is 5. The molecule has 1 aromatic heterocycles. The summed E-state index contributed by atoms with van der Waals surface area (Å²) in [6.45, 7) is 2.48. The molecule has 15 heavy (non-hydrogen) atoms. The number of carbonyl (C=O) groups excluding carboxylic acids is 1. The summed E-state index contributed by atoms with van der Waals surface area (Å²) in [4.78, 5) is 14.8. The molecule has 0 amide bonds. The first-order valence-electron chi connectivity index (χ1n) is 4.55. The van der Waals surface area contributed by atoms with Crippen LogP contribution >= 0.6 is 0 Å². The molecule has 0 saturated heterocycles. The summed E-state index contributed by atoms with van der Waals surface area (Å²) in [5, 5.41) is 8.60. The molecule has 0 bridgehead atoms. The van der Waals surface area contributed by atoms with Crippen LogP contribution < -0.4 is 5.73 Å². The van der Waals surface area contributed by atoms with Gasteiger partial charge < -0.3 is 15.0 Å². The highest BCUT2D eigenvalue weighted by atomic mass is 16.5. The quantitative estimate of drug-likeness (QED) is 0.717. The number of nitrogen functional groups attached to an aromatic ring is 1. The third-order valence-corrected chi connectivity index (χ3v) is 1.85. The Hall–Kier alpha value is -2.03. The molecule has 0 aliphatic rings. The van der Waals surface area contributed by atoms with Crippen LogP contribution in [-0.4, -0.2) is 22.1 Å². The van der Waals surface area contributed by atoms with E-state index in [0.717, 1.165) is 0 Å². The monoisotopic (exact) mass is 208 g/mol. The molecule has 0 saturated carbocycles. The highest BCUT2D eigenvalue weighted by molar-refractivity contribution is 5.69. The summed E-state index contributed by atoms with van der Waals surface area (Å²) in [5.74, 6) is -0.00842. The third kappa shape index (κ3) is 2.71. The predicted molar refractivity (Wildman–Crippen MR) is 52.6 cm³/mol. The summed E-state index contributed by atoms with van der Waals surface area (Å²) < 4.78 is 6.31. The van der Waals surface area contributed by atoms with Gasteiger partial charge in [0.2, 0.25) is 0 Å². The van der Waals surface area contributed by atoms with Gasteiger partial charge in [-0.2, -0.15) is 5.26 Å². The van der Waals surface area contributed by atoms with Crippen molar-refractivity contribution in [3.05, 3.63) is 12.0 Å². The van der Waals surface area contributed by atoms with Crippen molar-refractivity contribution in [1.29, 1.82) is 5.26 Å². The molecule has 1 aromatic rings. The molecule has 1 rings (SSSR count). The van der Waals surface area contributed by atoms with Crippen molar-refractivity contribution in [2.75, 3.05) is 12.3 Å². The normalized spacial score (nSPS) is 9.60. The van der Waals surface area contributed by atoms with Crippen molar-refractivity contribution in [3.8, 4) is 6.07 Å². The zero-order valence-electron chi connectivity index (χ0n) is 8.43. The zero-order valence-corrected chi connectivity index (χ0v) is 8.43. The average molecular weight is 208 g/mol. The van der Waals surface area contributed by atoms with Gasteiger partial charge in [0.1, 0.15) is 11.9 Å². The second kappa shape index (κ2) is 5.00. The van der Waals surface area contributed by atoms with Crippen molar-refractivity contribution in [2.24, 2.45) is 0 Å². The zero-order chi connectivity index (χ0) is 11.3. The van der Waals surface area contributed by atoms with Gasteiger partial charge >= 0.3 is 5.97 Å². The van der Waals surface area contributed by atoms with Gasteiger partial charge in [0.05, 0.1) is 19.4 Å². The Bertz CT molecular complexity index is 391. The number of ether oxygens (including phenoxy) is 1. The first kappa shape index (κ1) is 11.0. The van der Waals surface area contributed by atoms with Gasteiger partial charge in [0.25, 0.3) is 0 Å². The minimum absolute atomic E-state index is 0.179. The molecule has 0 aliphatic carbocycles. The highest BCUT2D eigenvalue weighted by Crippen LogP contribution is 2.09. The van der Waals surface area contributed by atoms with Crippen molar-refractivity contribution in [1.82, 2.24) is 9.55 Å². The fraction of sp³-hybridized carbons (Fsp3) is 0.444. The fourth-order valence-corrected chi connectivity index (χ4v) is 1.10. The number of imidazole rings is 1. The van der Waals surface area contributed by atoms with Crippen LogP contribution in [0, 0.1) is 11.3 Å². The molecular weight excluding hydrogens is 196 g/mol. The van der Waals surface area contributed by atoms with Crippen molar-refractivity contribution in [2.45, 2.75) is 19.9 Å². The van der Waals surface area contributed by atoms with Crippen LogP contribution in [-0.2, 0) is 16.1 Å². The second-order valence-corrected chi connectivity index (χ2v) is 2.84. The third-order valence-electron chi connectivity index (χ3n) is 1.85. The molecule has 6 heteroatoms. The van der Waals surface area contributed by atoms with E-state index in [-0.39, 0.29) is 23.9 Å². The van der Waals surface area contributed by atoms with Gasteiger partial charge in [0.15, 0.2) is 5.69 Å². The number of esters is 1. The minimum atomic E-state index is -0.288. The van der Waals surface area contributed by atoms with Crippen molar-refractivity contribution in [3.63, 3.8) is 0 Å². The Morgan fingerprint density at radius 3 is 3.07 bits per heavy atom. The van der Waals surface area contributed by atoms with Gasteiger partial charge in [-0.3, -0.25) is 4.79 Å². The van der Waals surface area contributed by atoms with Crippen molar-refractivity contribution >= 4 is 11.8 Å². The predicted octanol–water partition coefficient (Wildman–Crippen LogP) is 0.290. The van der Waals surface area contributed by atoms with Gasteiger partial charge in [-0.05, 0) is 6.92 Å².